The van der Waals surface area contributed by atoms with Crippen LogP contribution in [0.3, 0.4) is 0 Å². The van der Waals surface area contributed by atoms with E-state index in [1.165, 1.54) is 19.2 Å². The summed E-state index contributed by atoms with van der Waals surface area (Å²) in [5.41, 5.74) is 2.27. The summed E-state index contributed by atoms with van der Waals surface area (Å²) in [7, 11) is 1.46. The van der Waals surface area contributed by atoms with Crippen LogP contribution in [0.15, 0.2) is 60.7 Å². The van der Waals surface area contributed by atoms with Crippen LogP contribution in [0.25, 0.3) is 22.3 Å². The molecule has 3 aromatic rings. The highest BCUT2D eigenvalue weighted by Crippen LogP contribution is 2.48. The Bertz CT molecular complexity index is 824. The number of methoxy groups -OCH3 is 1. The van der Waals surface area contributed by atoms with Crippen LogP contribution >= 0.6 is 0 Å². The Morgan fingerprint density at radius 2 is 1.43 bits per heavy atom. The van der Waals surface area contributed by atoms with E-state index in [0.717, 1.165) is 0 Å². The van der Waals surface area contributed by atoms with Crippen LogP contribution in [0, 0.1) is 0 Å². The van der Waals surface area contributed by atoms with Crippen LogP contribution in [0.2, 0.25) is 0 Å². The lowest BCUT2D eigenvalue weighted by Crippen LogP contribution is -1.92. The molecule has 3 N–H and O–H groups in total. The maximum Gasteiger partial charge on any atom is 0.170 e. The molecule has 0 saturated carbocycles. The number of aromatic hydroxyl groups is 3. The van der Waals surface area contributed by atoms with E-state index >= 15 is 0 Å². The highest BCUT2D eigenvalue weighted by molar-refractivity contribution is 5.87. The largest absolute Gasteiger partial charge is 0.508 e. The quantitative estimate of drug-likeness (QED) is 0.680. The zero-order valence-corrected chi connectivity index (χ0v) is 12.5. The molecule has 0 aromatic heterocycles. The summed E-state index contributed by atoms with van der Waals surface area (Å²) >= 11 is 0. The number of benzene rings is 3. The minimum Gasteiger partial charge on any atom is -0.508 e. The topological polar surface area (TPSA) is 69.9 Å². The SMILES string of the molecule is COc1c(-c2ccc(O)cc2)cc(O)c(-c2ccccc2)c1O. The van der Waals surface area contributed by atoms with Gasteiger partial charge in [0.15, 0.2) is 11.5 Å². The van der Waals surface area contributed by atoms with Crippen LogP contribution in [-0.2, 0) is 0 Å². The van der Waals surface area contributed by atoms with Gasteiger partial charge in [-0.2, -0.15) is 0 Å². The van der Waals surface area contributed by atoms with Gasteiger partial charge < -0.3 is 20.1 Å². The first kappa shape index (κ1) is 14.8. The molecule has 0 fully saturated rings. The number of hydrogen-bond donors (Lipinski definition) is 3. The standard InChI is InChI=1S/C19H16O4/c1-23-19-15(12-7-9-14(20)10-8-12)11-16(21)17(18(19)22)13-5-3-2-4-6-13/h2-11,20-22H,1H3. The van der Waals surface area contributed by atoms with Crippen molar-refractivity contribution in [1.82, 2.24) is 0 Å². The van der Waals surface area contributed by atoms with E-state index in [1.54, 1.807) is 30.3 Å². The van der Waals surface area contributed by atoms with Crippen LogP contribution in [0.4, 0.5) is 0 Å². The van der Waals surface area contributed by atoms with Crippen molar-refractivity contribution >= 4 is 0 Å². The van der Waals surface area contributed by atoms with Crippen LogP contribution < -0.4 is 4.74 Å². The number of ether oxygens (including phenoxy) is 1. The Hall–Kier alpha value is -3.14. The van der Waals surface area contributed by atoms with Crippen LogP contribution in [0.1, 0.15) is 0 Å². The lowest BCUT2D eigenvalue weighted by molar-refractivity contribution is 0.372. The zero-order chi connectivity index (χ0) is 16.4. The molecule has 0 saturated heterocycles. The van der Waals surface area contributed by atoms with Crippen molar-refractivity contribution in [3.8, 4) is 45.3 Å². The molecule has 4 nitrogen and oxygen atoms in total. The Balaban J connectivity index is 2.23. The molecule has 0 heterocycles. The van der Waals surface area contributed by atoms with Crippen molar-refractivity contribution in [2.24, 2.45) is 0 Å². The van der Waals surface area contributed by atoms with E-state index in [2.05, 4.69) is 0 Å². The summed E-state index contributed by atoms with van der Waals surface area (Å²) in [5, 5.41) is 30.4. The Kier molecular flexibility index (Phi) is 3.81. The minimum absolute atomic E-state index is 0.0439. The fourth-order valence-electron chi connectivity index (χ4n) is 2.59. The van der Waals surface area contributed by atoms with Gasteiger partial charge in [-0.1, -0.05) is 42.5 Å². The van der Waals surface area contributed by atoms with Crippen molar-refractivity contribution in [3.05, 3.63) is 60.7 Å². The lowest BCUT2D eigenvalue weighted by atomic mass is 9.96. The predicted molar refractivity (Wildman–Crippen MR) is 88.9 cm³/mol. The zero-order valence-electron chi connectivity index (χ0n) is 12.5. The number of hydrogen-bond acceptors (Lipinski definition) is 4. The molecule has 23 heavy (non-hydrogen) atoms. The van der Waals surface area contributed by atoms with Gasteiger partial charge >= 0.3 is 0 Å². The average molecular weight is 308 g/mol. The van der Waals surface area contributed by atoms with Gasteiger partial charge in [0.25, 0.3) is 0 Å². The van der Waals surface area contributed by atoms with Gasteiger partial charge in [0, 0.05) is 5.56 Å². The molecule has 0 spiro atoms. The Labute approximate surface area is 133 Å². The maximum absolute atomic E-state index is 10.6. The smallest absolute Gasteiger partial charge is 0.170 e. The first-order valence-corrected chi connectivity index (χ1v) is 7.09. The number of phenolic OH excluding ortho intramolecular Hbond substituents is 3. The third kappa shape index (κ3) is 2.66. The second-order valence-electron chi connectivity index (χ2n) is 5.11. The molecule has 0 atom stereocenters. The van der Waals surface area contributed by atoms with E-state index in [-0.39, 0.29) is 23.0 Å². The second-order valence-corrected chi connectivity index (χ2v) is 5.11. The minimum atomic E-state index is -0.123. The highest BCUT2D eigenvalue weighted by atomic mass is 16.5. The second kappa shape index (κ2) is 5.93. The van der Waals surface area contributed by atoms with Crippen molar-refractivity contribution in [1.29, 1.82) is 0 Å². The fraction of sp³-hybridized carbons (Fsp3) is 0.0526. The van der Waals surface area contributed by atoms with Crippen molar-refractivity contribution in [2.45, 2.75) is 0 Å². The monoisotopic (exact) mass is 308 g/mol. The number of phenols is 3. The maximum atomic E-state index is 10.6. The Morgan fingerprint density at radius 1 is 0.783 bits per heavy atom. The molecule has 3 aromatic carbocycles. The van der Waals surface area contributed by atoms with Crippen molar-refractivity contribution < 1.29 is 20.1 Å². The van der Waals surface area contributed by atoms with Gasteiger partial charge in [-0.05, 0) is 29.3 Å². The molecular formula is C19H16O4. The molecular weight excluding hydrogens is 292 g/mol. The molecule has 116 valence electrons. The normalized spacial score (nSPS) is 10.5. The predicted octanol–water partition coefficient (Wildman–Crippen LogP) is 4.15. The first-order valence-electron chi connectivity index (χ1n) is 7.09. The van der Waals surface area contributed by atoms with Crippen molar-refractivity contribution in [3.63, 3.8) is 0 Å². The van der Waals surface area contributed by atoms with Crippen molar-refractivity contribution in [2.75, 3.05) is 7.11 Å². The third-order valence-corrected chi connectivity index (χ3v) is 3.68. The van der Waals surface area contributed by atoms with E-state index in [4.69, 9.17) is 4.74 Å². The van der Waals surface area contributed by atoms with E-state index in [1.807, 2.05) is 18.2 Å². The Morgan fingerprint density at radius 3 is 2.04 bits per heavy atom. The summed E-state index contributed by atoms with van der Waals surface area (Å²) in [6, 6.07) is 17.1. The average Bonchev–Trinajstić information content (AvgIpc) is 2.56. The fourth-order valence-corrected chi connectivity index (χ4v) is 2.59. The van der Waals surface area contributed by atoms with Gasteiger partial charge in [0.1, 0.15) is 11.5 Å². The van der Waals surface area contributed by atoms with E-state index in [9.17, 15) is 15.3 Å². The van der Waals surface area contributed by atoms with Crippen LogP contribution in [0.5, 0.6) is 23.0 Å². The summed E-state index contributed by atoms with van der Waals surface area (Å²) in [6.45, 7) is 0. The summed E-state index contributed by atoms with van der Waals surface area (Å²) in [6.07, 6.45) is 0. The molecule has 0 aliphatic carbocycles. The third-order valence-electron chi connectivity index (χ3n) is 3.68. The molecule has 0 bridgehead atoms. The first-order chi connectivity index (χ1) is 11.1. The van der Waals surface area contributed by atoms with Crippen LogP contribution in [-0.4, -0.2) is 22.4 Å². The molecule has 0 radical (unpaired) electrons. The molecule has 0 aliphatic heterocycles. The van der Waals surface area contributed by atoms with Gasteiger partial charge in [-0.25, -0.2) is 0 Å². The number of rotatable bonds is 3. The van der Waals surface area contributed by atoms with Gasteiger partial charge in [-0.3, -0.25) is 0 Å². The van der Waals surface area contributed by atoms with E-state index < -0.39 is 0 Å². The lowest BCUT2D eigenvalue weighted by Gasteiger charge is -2.16. The van der Waals surface area contributed by atoms with Gasteiger partial charge in [0.05, 0.1) is 12.7 Å². The molecule has 0 unspecified atom stereocenters. The van der Waals surface area contributed by atoms with Gasteiger partial charge in [-0.15, -0.1) is 0 Å². The molecule has 0 amide bonds. The van der Waals surface area contributed by atoms with Gasteiger partial charge in [0.2, 0.25) is 0 Å². The molecule has 4 heteroatoms. The summed E-state index contributed by atoms with van der Waals surface area (Å²) in [4.78, 5) is 0. The molecule has 0 aliphatic rings. The van der Waals surface area contributed by atoms with E-state index in [0.29, 0.717) is 22.3 Å². The summed E-state index contributed by atoms with van der Waals surface area (Å²) in [5.74, 6) is 0.244. The summed E-state index contributed by atoms with van der Waals surface area (Å²) < 4.78 is 5.35. The molecule has 3 rings (SSSR count). The highest BCUT2D eigenvalue weighted by Gasteiger charge is 2.20.